The highest BCUT2D eigenvalue weighted by atomic mass is 16.4. The van der Waals surface area contributed by atoms with Crippen LogP contribution in [0, 0.1) is 0 Å². The normalized spacial score (nSPS) is 15.6. The molecule has 0 aliphatic heterocycles. The molecule has 1 aliphatic carbocycles. The van der Waals surface area contributed by atoms with Crippen LogP contribution in [0.25, 0.3) is 0 Å². The Bertz CT molecular complexity index is 646. The zero-order valence-corrected chi connectivity index (χ0v) is 10.3. The fraction of sp³-hybridized carbons (Fsp3) is 0.250. The van der Waals surface area contributed by atoms with Crippen molar-refractivity contribution in [2.75, 3.05) is 5.32 Å². The van der Waals surface area contributed by atoms with Crippen LogP contribution in [-0.2, 0) is 10.2 Å². The Morgan fingerprint density at radius 1 is 1.25 bits per heavy atom. The highest BCUT2D eigenvalue weighted by molar-refractivity contribution is 6.01. The van der Waals surface area contributed by atoms with Gasteiger partial charge in [0.15, 0.2) is 0 Å². The molecule has 1 aromatic heterocycles. The standard InChI is InChI=1S/C12H11N5O3/c18-10(9-14-16-17-15-9)13-8-3-1-7(2-4-8)12(5-6-12)11(19)20/h1-4H,5-6H2,(H,13,18)(H,19,20)(H,14,15,16,17). The highest BCUT2D eigenvalue weighted by Crippen LogP contribution is 2.48. The summed E-state index contributed by atoms with van der Waals surface area (Å²) < 4.78 is 0. The number of carbonyl (C=O) groups excluding carboxylic acids is 1. The van der Waals surface area contributed by atoms with Gasteiger partial charge in [-0.05, 0) is 35.8 Å². The first-order valence-electron chi connectivity index (χ1n) is 6.00. The minimum Gasteiger partial charge on any atom is -0.481 e. The number of benzene rings is 1. The Labute approximate surface area is 113 Å². The number of aliphatic carboxylic acids is 1. The van der Waals surface area contributed by atoms with Crippen LogP contribution in [0.2, 0.25) is 0 Å². The lowest BCUT2D eigenvalue weighted by Gasteiger charge is -2.10. The van der Waals surface area contributed by atoms with E-state index in [1.807, 2.05) is 0 Å². The van der Waals surface area contributed by atoms with Crippen LogP contribution in [0.15, 0.2) is 24.3 Å². The molecule has 0 saturated heterocycles. The van der Waals surface area contributed by atoms with Gasteiger partial charge in [0.2, 0.25) is 0 Å². The van der Waals surface area contributed by atoms with E-state index in [0.29, 0.717) is 18.5 Å². The van der Waals surface area contributed by atoms with Crippen molar-refractivity contribution < 1.29 is 14.7 Å². The second-order valence-corrected chi connectivity index (χ2v) is 4.65. The topological polar surface area (TPSA) is 121 Å². The van der Waals surface area contributed by atoms with E-state index >= 15 is 0 Å². The molecule has 1 heterocycles. The molecular weight excluding hydrogens is 262 g/mol. The number of anilines is 1. The maximum absolute atomic E-state index is 11.7. The molecular formula is C12H11N5O3. The number of carbonyl (C=O) groups is 2. The van der Waals surface area contributed by atoms with Crippen molar-refractivity contribution in [2.45, 2.75) is 18.3 Å². The fourth-order valence-electron chi connectivity index (χ4n) is 2.07. The minimum absolute atomic E-state index is 0.0572. The van der Waals surface area contributed by atoms with Gasteiger partial charge in [-0.25, -0.2) is 0 Å². The summed E-state index contributed by atoms with van der Waals surface area (Å²) in [5.74, 6) is -1.34. The van der Waals surface area contributed by atoms with E-state index in [-0.39, 0.29) is 5.82 Å². The molecule has 1 aliphatic rings. The van der Waals surface area contributed by atoms with Crippen molar-refractivity contribution in [1.82, 2.24) is 20.6 Å². The number of tetrazole rings is 1. The lowest BCUT2D eigenvalue weighted by Crippen LogP contribution is -2.19. The van der Waals surface area contributed by atoms with Crippen LogP contribution in [0.1, 0.15) is 29.0 Å². The zero-order valence-electron chi connectivity index (χ0n) is 10.3. The molecule has 0 spiro atoms. The fourth-order valence-corrected chi connectivity index (χ4v) is 2.07. The summed E-state index contributed by atoms with van der Waals surface area (Å²) in [5.41, 5.74) is 0.559. The van der Waals surface area contributed by atoms with Gasteiger partial charge in [-0.3, -0.25) is 9.59 Å². The monoisotopic (exact) mass is 273 g/mol. The number of hydrogen-bond donors (Lipinski definition) is 3. The van der Waals surface area contributed by atoms with Gasteiger partial charge >= 0.3 is 5.97 Å². The zero-order chi connectivity index (χ0) is 14.2. The van der Waals surface area contributed by atoms with Gasteiger partial charge in [0, 0.05) is 5.69 Å². The van der Waals surface area contributed by atoms with Gasteiger partial charge in [0.25, 0.3) is 11.7 Å². The van der Waals surface area contributed by atoms with E-state index < -0.39 is 17.3 Å². The Kier molecular flexibility index (Phi) is 2.70. The third-order valence-electron chi connectivity index (χ3n) is 3.40. The highest BCUT2D eigenvalue weighted by Gasteiger charge is 2.51. The van der Waals surface area contributed by atoms with Crippen molar-refractivity contribution in [3.63, 3.8) is 0 Å². The lowest BCUT2D eigenvalue weighted by atomic mass is 9.96. The molecule has 8 heteroatoms. The van der Waals surface area contributed by atoms with Gasteiger partial charge in [-0.2, -0.15) is 5.21 Å². The third-order valence-corrected chi connectivity index (χ3v) is 3.40. The quantitative estimate of drug-likeness (QED) is 0.748. The molecule has 0 radical (unpaired) electrons. The van der Waals surface area contributed by atoms with Crippen molar-refractivity contribution in [2.24, 2.45) is 0 Å². The van der Waals surface area contributed by atoms with Crippen LogP contribution >= 0.6 is 0 Å². The first kappa shape index (κ1) is 12.3. The molecule has 1 fully saturated rings. The van der Waals surface area contributed by atoms with E-state index in [1.165, 1.54) is 0 Å². The molecule has 8 nitrogen and oxygen atoms in total. The molecule has 1 saturated carbocycles. The smallest absolute Gasteiger partial charge is 0.314 e. The van der Waals surface area contributed by atoms with Crippen LogP contribution < -0.4 is 5.32 Å². The Morgan fingerprint density at radius 3 is 2.45 bits per heavy atom. The summed E-state index contributed by atoms with van der Waals surface area (Å²) in [6, 6.07) is 6.76. The number of amides is 1. The molecule has 0 bridgehead atoms. The lowest BCUT2D eigenvalue weighted by molar-refractivity contribution is -0.140. The summed E-state index contributed by atoms with van der Waals surface area (Å²) in [4.78, 5) is 22.9. The molecule has 1 aromatic carbocycles. The molecule has 20 heavy (non-hydrogen) atoms. The number of H-pyrrole nitrogens is 1. The molecule has 0 unspecified atom stereocenters. The van der Waals surface area contributed by atoms with E-state index in [4.69, 9.17) is 0 Å². The van der Waals surface area contributed by atoms with Crippen LogP contribution in [0.5, 0.6) is 0 Å². The number of nitrogens with zero attached hydrogens (tertiary/aromatic N) is 3. The van der Waals surface area contributed by atoms with Crippen molar-refractivity contribution in [1.29, 1.82) is 0 Å². The predicted octanol–water partition coefficient (Wildman–Crippen LogP) is 0.568. The predicted molar refractivity (Wildman–Crippen MR) is 67.1 cm³/mol. The molecule has 102 valence electrons. The molecule has 2 aromatic rings. The van der Waals surface area contributed by atoms with Gasteiger partial charge in [0.1, 0.15) is 0 Å². The van der Waals surface area contributed by atoms with Gasteiger partial charge in [-0.15, -0.1) is 10.2 Å². The van der Waals surface area contributed by atoms with Gasteiger partial charge in [0.05, 0.1) is 5.41 Å². The number of aromatic amines is 1. The van der Waals surface area contributed by atoms with Gasteiger partial charge in [-0.1, -0.05) is 12.1 Å². The summed E-state index contributed by atoms with van der Waals surface area (Å²) in [5, 5.41) is 24.4. The van der Waals surface area contributed by atoms with Crippen molar-refractivity contribution in [3.8, 4) is 0 Å². The van der Waals surface area contributed by atoms with E-state index in [2.05, 4.69) is 25.9 Å². The number of nitrogens with one attached hydrogen (secondary N) is 2. The Morgan fingerprint density at radius 2 is 1.95 bits per heavy atom. The summed E-state index contributed by atoms with van der Waals surface area (Å²) >= 11 is 0. The largest absolute Gasteiger partial charge is 0.481 e. The minimum atomic E-state index is -0.805. The third kappa shape index (κ3) is 2.00. The first-order chi connectivity index (χ1) is 9.62. The van der Waals surface area contributed by atoms with E-state index in [9.17, 15) is 14.7 Å². The summed E-state index contributed by atoms with van der Waals surface area (Å²) in [6.07, 6.45) is 1.30. The van der Waals surface area contributed by atoms with Crippen molar-refractivity contribution >= 4 is 17.6 Å². The van der Waals surface area contributed by atoms with Gasteiger partial charge < -0.3 is 10.4 Å². The number of aromatic nitrogens is 4. The average Bonchev–Trinajstić information content (AvgIpc) is 3.07. The summed E-state index contributed by atoms with van der Waals surface area (Å²) in [6.45, 7) is 0. The molecule has 1 amide bonds. The molecule has 0 atom stereocenters. The average molecular weight is 273 g/mol. The van der Waals surface area contributed by atoms with Crippen LogP contribution in [0.3, 0.4) is 0 Å². The van der Waals surface area contributed by atoms with Crippen molar-refractivity contribution in [3.05, 3.63) is 35.7 Å². The number of hydrogen-bond acceptors (Lipinski definition) is 5. The SMILES string of the molecule is O=C(Nc1ccc(C2(C(=O)O)CC2)cc1)c1nn[nH]n1. The maximum atomic E-state index is 11.7. The first-order valence-corrected chi connectivity index (χ1v) is 6.00. The Hall–Kier alpha value is -2.77. The second-order valence-electron chi connectivity index (χ2n) is 4.65. The van der Waals surface area contributed by atoms with Crippen LogP contribution in [-0.4, -0.2) is 37.6 Å². The molecule has 3 N–H and O–H groups in total. The van der Waals surface area contributed by atoms with Crippen LogP contribution in [0.4, 0.5) is 5.69 Å². The number of rotatable bonds is 4. The van der Waals surface area contributed by atoms with E-state index in [1.54, 1.807) is 24.3 Å². The summed E-state index contributed by atoms with van der Waals surface area (Å²) in [7, 11) is 0. The number of carboxylic acids is 1. The van der Waals surface area contributed by atoms with E-state index in [0.717, 1.165) is 5.56 Å². The second kappa shape index (κ2) is 4.41. The molecule has 3 rings (SSSR count). The Balaban J connectivity index is 1.74. The number of carboxylic acid groups (broad SMARTS) is 1. The maximum Gasteiger partial charge on any atom is 0.314 e.